The van der Waals surface area contributed by atoms with Crippen molar-refractivity contribution in [1.82, 2.24) is 4.90 Å². The average Bonchev–Trinajstić information content (AvgIpc) is 2.76. The smallest absolute Gasteiger partial charge is 0.0399 e. The molecule has 1 unspecified atom stereocenters. The van der Waals surface area contributed by atoms with Gasteiger partial charge in [0.15, 0.2) is 0 Å². The van der Waals surface area contributed by atoms with Crippen LogP contribution in [0.2, 0.25) is 0 Å². The lowest BCUT2D eigenvalue weighted by Gasteiger charge is -2.29. The first-order valence-corrected chi connectivity index (χ1v) is 8.34. The molecular weight excluding hydrogens is 300 g/mol. The predicted molar refractivity (Wildman–Crippen MR) is 84.9 cm³/mol. The molecule has 3 rings (SSSR count). The van der Waals surface area contributed by atoms with Crippen LogP contribution in [0, 0.1) is 0 Å². The van der Waals surface area contributed by atoms with Crippen molar-refractivity contribution in [2.45, 2.75) is 38.6 Å². The Morgan fingerprint density at radius 3 is 2.89 bits per heavy atom. The van der Waals surface area contributed by atoms with E-state index in [1.54, 1.807) is 0 Å². The molecule has 1 atom stereocenters. The van der Waals surface area contributed by atoms with Gasteiger partial charge in [0, 0.05) is 35.8 Å². The summed E-state index contributed by atoms with van der Waals surface area (Å²) in [7, 11) is 0. The molecule has 104 valence electrons. The highest BCUT2D eigenvalue weighted by atomic mass is 79.9. The zero-order chi connectivity index (χ0) is 13.2. The summed E-state index contributed by atoms with van der Waals surface area (Å²) < 4.78 is 1.20. The zero-order valence-electron chi connectivity index (χ0n) is 11.7. The molecule has 2 nitrogen and oxygen atoms in total. The molecule has 0 aromatic heterocycles. The highest BCUT2D eigenvalue weighted by Crippen LogP contribution is 2.29. The summed E-state index contributed by atoms with van der Waals surface area (Å²) in [6.45, 7) is 7.29. The highest BCUT2D eigenvalue weighted by molar-refractivity contribution is 9.10. The predicted octanol–water partition coefficient (Wildman–Crippen LogP) is 3.69. The van der Waals surface area contributed by atoms with Crippen LogP contribution in [0.25, 0.3) is 0 Å². The number of rotatable bonds is 2. The molecule has 2 heterocycles. The minimum absolute atomic E-state index is 0.788. The Kier molecular flexibility index (Phi) is 4.13. The van der Waals surface area contributed by atoms with Crippen molar-refractivity contribution in [2.75, 3.05) is 31.1 Å². The lowest BCUT2D eigenvalue weighted by atomic mass is 10.1. The van der Waals surface area contributed by atoms with Crippen molar-refractivity contribution in [2.24, 2.45) is 0 Å². The largest absolute Gasteiger partial charge is 0.370 e. The minimum atomic E-state index is 0.788. The highest BCUT2D eigenvalue weighted by Gasteiger charge is 2.29. The first kappa shape index (κ1) is 13.4. The standard InChI is InChI=1S/C16H23BrN2/c1-2-13-11-14(17)6-7-16(13)19-10-4-9-18-8-3-5-15(18)12-19/h6-7,11,15H,2-5,8-10,12H2,1H3. The van der Waals surface area contributed by atoms with Gasteiger partial charge in [0.1, 0.15) is 0 Å². The van der Waals surface area contributed by atoms with E-state index in [9.17, 15) is 0 Å². The summed E-state index contributed by atoms with van der Waals surface area (Å²) in [5.41, 5.74) is 2.93. The Hall–Kier alpha value is -0.540. The first-order valence-electron chi connectivity index (χ1n) is 7.55. The molecule has 0 aliphatic carbocycles. The third kappa shape index (κ3) is 2.82. The van der Waals surface area contributed by atoms with Crippen molar-refractivity contribution in [3.63, 3.8) is 0 Å². The molecule has 2 fully saturated rings. The van der Waals surface area contributed by atoms with Crippen LogP contribution in [0.15, 0.2) is 22.7 Å². The topological polar surface area (TPSA) is 6.48 Å². The summed E-state index contributed by atoms with van der Waals surface area (Å²) >= 11 is 3.59. The number of anilines is 1. The molecule has 1 aromatic carbocycles. The number of fused-ring (bicyclic) bond motifs is 1. The lowest BCUT2D eigenvalue weighted by Crippen LogP contribution is -2.36. The van der Waals surface area contributed by atoms with E-state index >= 15 is 0 Å². The molecule has 2 aliphatic heterocycles. The Bertz CT molecular complexity index is 446. The molecular formula is C16H23BrN2. The average molecular weight is 323 g/mol. The number of hydrogen-bond acceptors (Lipinski definition) is 2. The van der Waals surface area contributed by atoms with Gasteiger partial charge in [-0.05, 0) is 56.0 Å². The first-order chi connectivity index (χ1) is 9.28. The van der Waals surface area contributed by atoms with Crippen LogP contribution in [-0.2, 0) is 6.42 Å². The fraction of sp³-hybridized carbons (Fsp3) is 0.625. The van der Waals surface area contributed by atoms with Crippen LogP contribution in [0.5, 0.6) is 0 Å². The Morgan fingerprint density at radius 2 is 2.05 bits per heavy atom. The molecule has 2 aliphatic rings. The second kappa shape index (κ2) is 5.84. The summed E-state index contributed by atoms with van der Waals surface area (Å²) in [6, 6.07) is 7.56. The van der Waals surface area contributed by atoms with Crippen molar-refractivity contribution in [1.29, 1.82) is 0 Å². The minimum Gasteiger partial charge on any atom is -0.370 e. The Labute approximate surface area is 124 Å². The zero-order valence-corrected chi connectivity index (χ0v) is 13.3. The second-order valence-electron chi connectivity index (χ2n) is 5.76. The maximum atomic E-state index is 3.59. The molecule has 0 spiro atoms. The van der Waals surface area contributed by atoms with Gasteiger partial charge in [-0.25, -0.2) is 0 Å². The summed E-state index contributed by atoms with van der Waals surface area (Å²) in [4.78, 5) is 5.33. The van der Waals surface area contributed by atoms with Gasteiger partial charge in [0.25, 0.3) is 0 Å². The van der Waals surface area contributed by atoms with Crippen LogP contribution in [0.1, 0.15) is 31.7 Å². The summed E-state index contributed by atoms with van der Waals surface area (Å²) in [5.74, 6) is 0. The van der Waals surface area contributed by atoms with Gasteiger partial charge in [-0.3, -0.25) is 4.90 Å². The van der Waals surface area contributed by atoms with Crippen LogP contribution in [-0.4, -0.2) is 37.1 Å². The van der Waals surface area contributed by atoms with Crippen molar-refractivity contribution < 1.29 is 0 Å². The monoisotopic (exact) mass is 322 g/mol. The lowest BCUT2D eigenvalue weighted by molar-refractivity contribution is 0.273. The number of benzene rings is 1. The molecule has 0 saturated carbocycles. The van der Waals surface area contributed by atoms with Gasteiger partial charge in [-0.1, -0.05) is 22.9 Å². The van der Waals surface area contributed by atoms with Crippen LogP contribution in [0.4, 0.5) is 5.69 Å². The molecule has 0 bridgehead atoms. The van der Waals surface area contributed by atoms with Gasteiger partial charge >= 0.3 is 0 Å². The molecule has 2 saturated heterocycles. The third-order valence-corrected chi connectivity index (χ3v) is 5.06. The SMILES string of the molecule is CCc1cc(Br)ccc1N1CCCN2CCCC2C1. The van der Waals surface area contributed by atoms with Crippen molar-refractivity contribution in [3.05, 3.63) is 28.2 Å². The van der Waals surface area contributed by atoms with Crippen molar-refractivity contribution in [3.8, 4) is 0 Å². The van der Waals surface area contributed by atoms with E-state index in [0.29, 0.717) is 0 Å². The molecule has 0 radical (unpaired) electrons. The fourth-order valence-electron chi connectivity index (χ4n) is 3.57. The summed E-state index contributed by atoms with van der Waals surface area (Å²) in [6.07, 6.45) is 5.18. The van der Waals surface area contributed by atoms with E-state index in [2.05, 4.69) is 50.9 Å². The third-order valence-electron chi connectivity index (χ3n) is 4.57. The van der Waals surface area contributed by atoms with Crippen molar-refractivity contribution >= 4 is 21.6 Å². The van der Waals surface area contributed by atoms with Crippen LogP contribution < -0.4 is 4.90 Å². The molecule has 19 heavy (non-hydrogen) atoms. The van der Waals surface area contributed by atoms with Gasteiger partial charge in [0.05, 0.1) is 0 Å². The fourth-order valence-corrected chi connectivity index (χ4v) is 3.98. The van der Waals surface area contributed by atoms with Gasteiger partial charge < -0.3 is 4.90 Å². The van der Waals surface area contributed by atoms with Gasteiger partial charge in [-0.15, -0.1) is 0 Å². The van der Waals surface area contributed by atoms with E-state index < -0.39 is 0 Å². The van der Waals surface area contributed by atoms with E-state index in [0.717, 1.165) is 12.5 Å². The van der Waals surface area contributed by atoms with Gasteiger partial charge in [-0.2, -0.15) is 0 Å². The van der Waals surface area contributed by atoms with Crippen LogP contribution >= 0.6 is 15.9 Å². The van der Waals surface area contributed by atoms with E-state index in [1.807, 2.05) is 0 Å². The molecule has 3 heteroatoms. The van der Waals surface area contributed by atoms with E-state index in [1.165, 1.54) is 61.2 Å². The number of nitrogens with zero attached hydrogens (tertiary/aromatic N) is 2. The number of halogens is 1. The normalized spacial score (nSPS) is 24.3. The van der Waals surface area contributed by atoms with E-state index in [-0.39, 0.29) is 0 Å². The summed E-state index contributed by atoms with van der Waals surface area (Å²) in [5, 5.41) is 0. The number of hydrogen-bond donors (Lipinski definition) is 0. The van der Waals surface area contributed by atoms with E-state index in [4.69, 9.17) is 0 Å². The Balaban J connectivity index is 1.84. The van der Waals surface area contributed by atoms with Gasteiger partial charge in [0.2, 0.25) is 0 Å². The second-order valence-corrected chi connectivity index (χ2v) is 6.67. The maximum Gasteiger partial charge on any atom is 0.0399 e. The molecule has 0 amide bonds. The quantitative estimate of drug-likeness (QED) is 0.819. The molecule has 1 aromatic rings. The van der Waals surface area contributed by atoms with Crippen LogP contribution in [0.3, 0.4) is 0 Å². The number of aryl methyl sites for hydroxylation is 1. The Morgan fingerprint density at radius 1 is 1.21 bits per heavy atom. The molecule has 0 N–H and O–H groups in total. The maximum absolute atomic E-state index is 3.59.